The first-order valence-electron chi connectivity index (χ1n) is 8.73. The van der Waals surface area contributed by atoms with Crippen LogP contribution in [-0.2, 0) is 6.54 Å². The Bertz CT molecular complexity index is 673. The minimum absolute atomic E-state index is 0.959. The van der Waals surface area contributed by atoms with Crippen molar-refractivity contribution in [2.75, 3.05) is 49.1 Å². The SMILES string of the molecule is Cc1nc(CN2CCN(c3cc(N4CCCC4)ncn3)CC2)cs1. The van der Waals surface area contributed by atoms with Crippen molar-refractivity contribution in [1.29, 1.82) is 0 Å². The van der Waals surface area contributed by atoms with E-state index in [1.54, 1.807) is 17.7 Å². The monoisotopic (exact) mass is 344 g/mol. The first-order chi connectivity index (χ1) is 11.8. The van der Waals surface area contributed by atoms with E-state index in [0.29, 0.717) is 0 Å². The molecule has 0 aromatic carbocycles. The molecule has 2 aromatic rings. The molecule has 0 aliphatic carbocycles. The highest BCUT2D eigenvalue weighted by Gasteiger charge is 2.20. The van der Waals surface area contributed by atoms with Gasteiger partial charge in [-0.15, -0.1) is 11.3 Å². The number of anilines is 2. The first-order valence-corrected chi connectivity index (χ1v) is 9.61. The van der Waals surface area contributed by atoms with Crippen LogP contribution in [0.3, 0.4) is 0 Å². The van der Waals surface area contributed by atoms with Gasteiger partial charge in [0.25, 0.3) is 0 Å². The van der Waals surface area contributed by atoms with Gasteiger partial charge in [0.1, 0.15) is 18.0 Å². The zero-order valence-corrected chi connectivity index (χ0v) is 15.0. The van der Waals surface area contributed by atoms with Crippen LogP contribution >= 0.6 is 11.3 Å². The van der Waals surface area contributed by atoms with Gasteiger partial charge in [-0.2, -0.15) is 0 Å². The molecule has 24 heavy (non-hydrogen) atoms. The van der Waals surface area contributed by atoms with Crippen molar-refractivity contribution in [3.05, 3.63) is 28.5 Å². The number of thiazole rings is 1. The van der Waals surface area contributed by atoms with Gasteiger partial charge >= 0.3 is 0 Å². The molecule has 0 saturated carbocycles. The van der Waals surface area contributed by atoms with Gasteiger partial charge in [0, 0.05) is 57.3 Å². The normalized spacial score (nSPS) is 19.2. The molecule has 2 fully saturated rings. The van der Waals surface area contributed by atoms with Crippen molar-refractivity contribution < 1.29 is 0 Å². The third-order valence-corrected chi connectivity index (χ3v) is 5.64. The van der Waals surface area contributed by atoms with Gasteiger partial charge < -0.3 is 9.80 Å². The van der Waals surface area contributed by atoms with Crippen LogP contribution in [0.2, 0.25) is 0 Å². The maximum atomic E-state index is 4.57. The number of hydrogen-bond acceptors (Lipinski definition) is 7. The van der Waals surface area contributed by atoms with Crippen LogP contribution in [0, 0.1) is 6.92 Å². The van der Waals surface area contributed by atoms with E-state index in [1.807, 2.05) is 0 Å². The minimum Gasteiger partial charge on any atom is -0.356 e. The molecule has 2 saturated heterocycles. The Kier molecular flexibility index (Phi) is 4.62. The van der Waals surface area contributed by atoms with E-state index in [4.69, 9.17) is 0 Å². The molecule has 0 atom stereocenters. The Labute approximate surface area is 147 Å². The Morgan fingerprint density at radius 3 is 2.25 bits per heavy atom. The van der Waals surface area contributed by atoms with Crippen molar-refractivity contribution in [2.45, 2.75) is 26.3 Å². The van der Waals surface area contributed by atoms with Crippen molar-refractivity contribution in [2.24, 2.45) is 0 Å². The van der Waals surface area contributed by atoms with E-state index in [-0.39, 0.29) is 0 Å². The third kappa shape index (κ3) is 3.52. The molecule has 2 aliphatic heterocycles. The number of piperazine rings is 1. The lowest BCUT2D eigenvalue weighted by Crippen LogP contribution is -2.46. The topological polar surface area (TPSA) is 48.4 Å². The average molecular weight is 344 g/mol. The summed E-state index contributed by atoms with van der Waals surface area (Å²) in [7, 11) is 0. The van der Waals surface area contributed by atoms with Crippen LogP contribution in [0.4, 0.5) is 11.6 Å². The van der Waals surface area contributed by atoms with Crippen molar-refractivity contribution >= 4 is 23.0 Å². The molecule has 0 radical (unpaired) electrons. The number of aryl methyl sites for hydroxylation is 1. The molecule has 4 rings (SSSR count). The molecule has 7 heteroatoms. The fraction of sp³-hybridized carbons (Fsp3) is 0.588. The summed E-state index contributed by atoms with van der Waals surface area (Å²) in [6.07, 6.45) is 4.26. The molecule has 6 nitrogen and oxygen atoms in total. The average Bonchev–Trinajstić information content (AvgIpc) is 3.28. The van der Waals surface area contributed by atoms with Crippen molar-refractivity contribution in [3.8, 4) is 0 Å². The standard InChI is InChI=1S/C17H24N6S/c1-14-20-15(12-24-14)11-21-6-8-23(9-7-21)17-10-16(18-13-19-17)22-4-2-3-5-22/h10,12-13H,2-9,11H2,1H3. The lowest BCUT2D eigenvalue weighted by Gasteiger charge is -2.35. The summed E-state index contributed by atoms with van der Waals surface area (Å²) < 4.78 is 0. The third-order valence-electron chi connectivity index (χ3n) is 4.82. The predicted octanol–water partition coefficient (Wildman–Crippen LogP) is 2.16. The summed E-state index contributed by atoms with van der Waals surface area (Å²) in [5, 5.41) is 3.33. The van der Waals surface area contributed by atoms with E-state index in [0.717, 1.165) is 62.5 Å². The Hall–Kier alpha value is -1.73. The number of aromatic nitrogens is 3. The molecule has 0 unspecified atom stereocenters. The Balaban J connectivity index is 1.36. The highest BCUT2D eigenvalue weighted by Crippen LogP contribution is 2.22. The fourth-order valence-electron chi connectivity index (χ4n) is 3.47. The largest absolute Gasteiger partial charge is 0.356 e. The zero-order valence-electron chi connectivity index (χ0n) is 14.2. The molecule has 2 aliphatic rings. The summed E-state index contributed by atoms with van der Waals surface area (Å²) in [4.78, 5) is 20.8. The van der Waals surface area contributed by atoms with E-state index in [2.05, 4.69) is 48.0 Å². The Morgan fingerprint density at radius 1 is 0.958 bits per heavy atom. The van der Waals surface area contributed by atoms with Crippen LogP contribution in [0.25, 0.3) is 0 Å². The van der Waals surface area contributed by atoms with E-state index < -0.39 is 0 Å². The molecule has 128 valence electrons. The number of nitrogens with zero attached hydrogens (tertiary/aromatic N) is 6. The van der Waals surface area contributed by atoms with Gasteiger partial charge in [0.15, 0.2) is 0 Å². The molecule has 2 aromatic heterocycles. The van der Waals surface area contributed by atoms with Crippen LogP contribution in [0.5, 0.6) is 0 Å². The predicted molar refractivity (Wildman–Crippen MR) is 97.8 cm³/mol. The second kappa shape index (κ2) is 7.03. The lowest BCUT2D eigenvalue weighted by molar-refractivity contribution is 0.247. The van der Waals surface area contributed by atoms with Crippen molar-refractivity contribution in [1.82, 2.24) is 19.9 Å². The second-order valence-electron chi connectivity index (χ2n) is 6.55. The van der Waals surface area contributed by atoms with E-state index >= 15 is 0 Å². The van der Waals surface area contributed by atoms with Crippen LogP contribution in [-0.4, -0.2) is 59.1 Å². The maximum Gasteiger partial charge on any atom is 0.134 e. The fourth-order valence-corrected chi connectivity index (χ4v) is 4.08. The molecule has 0 amide bonds. The van der Waals surface area contributed by atoms with Gasteiger partial charge in [-0.05, 0) is 19.8 Å². The Morgan fingerprint density at radius 2 is 1.62 bits per heavy atom. The summed E-state index contributed by atoms with van der Waals surface area (Å²) in [6, 6.07) is 2.16. The van der Waals surface area contributed by atoms with Gasteiger partial charge in [0.05, 0.1) is 10.7 Å². The van der Waals surface area contributed by atoms with E-state index in [1.165, 1.54) is 18.5 Å². The molecule has 4 heterocycles. The van der Waals surface area contributed by atoms with Gasteiger partial charge in [-0.1, -0.05) is 0 Å². The maximum absolute atomic E-state index is 4.57. The summed E-state index contributed by atoms with van der Waals surface area (Å²) in [5.74, 6) is 2.15. The lowest BCUT2D eigenvalue weighted by atomic mass is 10.3. The first kappa shape index (κ1) is 15.8. The number of rotatable bonds is 4. The van der Waals surface area contributed by atoms with Crippen LogP contribution in [0.15, 0.2) is 17.8 Å². The minimum atomic E-state index is 0.959. The van der Waals surface area contributed by atoms with Gasteiger partial charge in [0.2, 0.25) is 0 Å². The van der Waals surface area contributed by atoms with Crippen LogP contribution in [0.1, 0.15) is 23.5 Å². The molecule has 0 bridgehead atoms. The van der Waals surface area contributed by atoms with Crippen LogP contribution < -0.4 is 9.80 Å². The summed E-state index contributed by atoms with van der Waals surface area (Å²) in [5.41, 5.74) is 1.20. The highest BCUT2D eigenvalue weighted by atomic mass is 32.1. The molecular formula is C17H24N6S. The highest BCUT2D eigenvalue weighted by molar-refractivity contribution is 7.09. The zero-order chi connectivity index (χ0) is 16.4. The van der Waals surface area contributed by atoms with Crippen molar-refractivity contribution in [3.63, 3.8) is 0 Å². The molecular weight excluding hydrogens is 320 g/mol. The number of hydrogen-bond donors (Lipinski definition) is 0. The summed E-state index contributed by atoms with van der Waals surface area (Å²) in [6.45, 7) is 9.41. The quantitative estimate of drug-likeness (QED) is 0.847. The van der Waals surface area contributed by atoms with Gasteiger partial charge in [-0.3, -0.25) is 4.90 Å². The molecule has 0 N–H and O–H groups in total. The smallest absolute Gasteiger partial charge is 0.134 e. The second-order valence-corrected chi connectivity index (χ2v) is 7.61. The van der Waals surface area contributed by atoms with Gasteiger partial charge in [-0.25, -0.2) is 15.0 Å². The molecule has 0 spiro atoms. The van der Waals surface area contributed by atoms with E-state index in [9.17, 15) is 0 Å². The summed E-state index contributed by atoms with van der Waals surface area (Å²) >= 11 is 1.73.